The summed E-state index contributed by atoms with van der Waals surface area (Å²) < 4.78 is 0. The molecule has 0 aromatic heterocycles. The van der Waals surface area contributed by atoms with Crippen molar-refractivity contribution in [2.24, 2.45) is 0 Å². The summed E-state index contributed by atoms with van der Waals surface area (Å²) in [7, 11) is 0. The summed E-state index contributed by atoms with van der Waals surface area (Å²) in [5, 5.41) is 2.78. The van der Waals surface area contributed by atoms with Gasteiger partial charge >= 0.3 is 11.8 Å². The van der Waals surface area contributed by atoms with Crippen LogP contribution in [0, 0.1) is 0 Å². The Morgan fingerprint density at radius 1 is 1.07 bits per heavy atom. The van der Waals surface area contributed by atoms with E-state index in [1.54, 1.807) is 18.2 Å². The topological polar surface area (TPSA) is 95.7 Å². The fraction of sp³-hybridized carbons (Fsp3) is 0.318. The molecule has 3 N–H and O–H groups in total. The van der Waals surface area contributed by atoms with Crippen LogP contribution in [0.15, 0.2) is 54.6 Å². The summed E-state index contributed by atoms with van der Waals surface area (Å²) >= 11 is 0. The number of nitrogens with one attached hydrogen (secondary N) is 1. The van der Waals surface area contributed by atoms with Gasteiger partial charge in [0.2, 0.25) is 5.91 Å². The molecule has 0 saturated carbocycles. The lowest BCUT2D eigenvalue weighted by molar-refractivity contribution is -0.140. The van der Waals surface area contributed by atoms with Crippen molar-refractivity contribution in [3.8, 4) is 0 Å². The quantitative estimate of drug-likeness (QED) is 0.610. The average Bonchev–Trinajstić information content (AvgIpc) is 2.70. The number of anilines is 2. The highest BCUT2D eigenvalue weighted by Crippen LogP contribution is 2.19. The number of rotatable bonds is 4. The van der Waals surface area contributed by atoms with Crippen molar-refractivity contribution in [2.45, 2.75) is 32.4 Å². The van der Waals surface area contributed by atoms with E-state index in [0.717, 1.165) is 37.4 Å². The molecule has 2 aromatic carbocycles. The van der Waals surface area contributed by atoms with Crippen LogP contribution in [0.25, 0.3) is 0 Å². The molecule has 1 saturated heterocycles. The minimum absolute atomic E-state index is 0.0897. The van der Waals surface area contributed by atoms with Gasteiger partial charge in [0.1, 0.15) is 0 Å². The zero-order valence-corrected chi connectivity index (χ0v) is 16.5. The lowest BCUT2D eigenvalue weighted by atomic mass is 10.0. The molecule has 29 heavy (non-hydrogen) atoms. The molecule has 2 aromatic rings. The van der Waals surface area contributed by atoms with Gasteiger partial charge in [0.15, 0.2) is 0 Å². The van der Waals surface area contributed by atoms with Gasteiger partial charge in [-0.1, -0.05) is 36.4 Å². The van der Waals surface area contributed by atoms with Gasteiger partial charge in [-0.15, -0.1) is 0 Å². The first-order valence-corrected chi connectivity index (χ1v) is 9.71. The van der Waals surface area contributed by atoms with Gasteiger partial charge in [-0.3, -0.25) is 19.3 Å². The van der Waals surface area contributed by atoms with Crippen LogP contribution in [0.2, 0.25) is 0 Å². The molecular weight excluding hydrogens is 368 g/mol. The molecule has 1 fully saturated rings. The van der Waals surface area contributed by atoms with Gasteiger partial charge < -0.3 is 11.1 Å². The normalized spacial score (nSPS) is 14.9. The molecule has 7 nitrogen and oxygen atoms in total. The molecule has 7 heteroatoms. The molecule has 0 unspecified atom stereocenters. The van der Waals surface area contributed by atoms with Gasteiger partial charge in [-0.05, 0) is 36.6 Å². The molecule has 152 valence electrons. The number of carbonyl (C=O) groups is 3. The zero-order chi connectivity index (χ0) is 20.8. The molecule has 3 amide bonds. The van der Waals surface area contributed by atoms with Crippen LogP contribution in [-0.2, 0) is 20.9 Å². The van der Waals surface area contributed by atoms with E-state index in [1.807, 2.05) is 18.2 Å². The number of nitrogen functional groups attached to an aromatic ring is 1. The summed E-state index contributed by atoms with van der Waals surface area (Å²) in [5.41, 5.74) is 7.69. The van der Waals surface area contributed by atoms with Crippen LogP contribution >= 0.6 is 0 Å². The highest BCUT2D eigenvalue weighted by Gasteiger charge is 2.29. The lowest BCUT2D eigenvalue weighted by Gasteiger charge is -2.32. The monoisotopic (exact) mass is 394 g/mol. The third-order valence-electron chi connectivity index (χ3n) is 5.01. The fourth-order valence-electron chi connectivity index (χ4n) is 3.53. The van der Waals surface area contributed by atoms with Crippen LogP contribution < -0.4 is 16.0 Å². The Balaban J connectivity index is 1.55. The molecule has 1 heterocycles. The Labute approximate surface area is 170 Å². The minimum atomic E-state index is -0.894. The van der Waals surface area contributed by atoms with Crippen molar-refractivity contribution in [1.29, 1.82) is 0 Å². The highest BCUT2D eigenvalue weighted by atomic mass is 16.2. The van der Waals surface area contributed by atoms with Crippen molar-refractivity contribution >= 4 is 29.1 Å². The van der Waals surface area contributed by atoms with Gasteiger partial charge in [0.25, 0.3) is 0 Å². The molecule has 0 aliphatic carbocycles. The fourth-order valence-corrected chi connectivity index (χ4v) is 3.53. The van der Waals surface area contributed by atoms with Crippen LogP contribution in [0.3, 0.4) is 0 Å². The molecule has 0 bridgehead atoms. The molecule has 1 aliphatic heterocycles. The van der Waals surface area contributed by atoms with Gasteiger partial charge in [-0.2, -0.15) is 0 Å². The summed E-state index contributed by atoms with van der Waals surface area (Å²) in [6, 6.07) is 16.5. The predicted octanol–water partition coefficient (Wildman–Crippen LogP) is 1.93. The first-order valence-electron chi connectivity index (χ1n) is 9.71. The largest absolute Gasteiger partial charge is 0.399 e. The summed E-state index contributed by atoms with van der Waals surface area (Å²) in [4.78, 5) is 40.3. The van der Waals surface area contributed by atoms with Gasteiger partial charge in [-0.25, -0.2) is 4.90 Å². The van der Waals surface area contributed by atoms with Crippen molar-refractivity contribution in [2.75, 3.05) is 23.7 Å². The second-order valence-corrected chi connectivity index (χ2v) is 7.26. The number of nitrogens with two attached hydrogens (primary N) is 1. The molecule has 0 atom stereocenters. The molecule has 1 aliphatic rings. The Morgan fingerprint density at radius 3 is 2.38 bits per heavy atom. The van der Waals surface area contributed by atoms with E-state index in [4.69, 9.17) is 5.73 Å². The first-order chi connectivity index (χ1) is 13.9. The van der Waals surface area contributed by atoms with Crippen molar-refractivity contribution in [3.63, 3.8) is 0 Å². The van der Waals surface area contributed by atoms with E-state index >= 15 is 0 Å². The second kappa shape index (κ2) is 9.34. The van der Waals surface area contributed by atoms with Gasteiger partial charge in [0, 0.05) is 38.3 Å². The van der Waals surface area contributed by atoms with Crippen molar-refractivity contribution < 1.29 is 14.4 Å². The Hall–Kier alpha value is -3.19. The van der Waals surface area contributed by atoms with E-state index < -0.39 is 17.7 Å². The number of amides is 3. The standard InChI is InChI=1S/C22H26N4O3/c1-16(27)26(20-9-5-8-18(23)14-20)22(29)21(28)24-19-10-12-25(13-11-19)15-17-6-3-2-4-7-17/h2-9,14,19H,10-13,15,23H2,1H3,(H,24,28). The number of carbonyl (C=O) groups excluding carboxylic acids is 3. The number of hydrogen-bond donors (Lipinski definition) is 2. The maximum atomic E-state index is 12.6. The molecular formula is C22H26N4O3. The van der Waals surface area contributed by atoms with E-state index in [1.165, 1.54) is 18.6 Å². The second-order valence-electron chi connectivity index (χ2n) is 7.26. The van der Waals surface area contributed by atoms with Gasteiger partial charge in [0.05, 0.1) is 5.69 Å². The zero-order valence-electron chi connectivity index (χ0n) is 16.5. The number of piperidine rings is 1. The molecule has 0 spiro atoms. The Kier molecular flexibility index (Phi) is 6.61. The van der Waals surface area contributed by atoms with E-state index in [2.05, 4.69) is 22.3 Å². The highest BCUT2D eigenvalue weighted by molar-refractivity contribution is 6.45. The predicted molar refractivity (Wildman–Crippen MR) is 112 cm³/mol. The van der Waals surface area contributed by atoms with Crippen LogP contribution in [0.4, 0.5) is 11.4 Å². The minimum Gasteiger partial charge on any atom is -0.399 e. The number of benzene rings is 2. The summed E-state index contributed by atoms with van der Waals surface area (Å²) in [6.07, 6.45) is 1.51. The third kappa shape index (κ3) is 5.42. The van der Waals surface area contributed by atoms with Crippen LogP contribution in [0.5, 0.6) is 0 Å². The van der Waals surface area contributed by atoms with Crippen molar-refractivity contribution in [1.82, 2.24) is 10.2 Å². The summed E-state index contributed by atoms with van der Waals surface area (Å²) in [5.74, 6) is -2.20. The maximum absolute atomic E-state index is 12.6. The average molecular weight is 394 g/mol. The first kappa shape index (κ1) is 20.5. The Morgan fingerprint density at radius 2 is 1.76 bits per heavy atom. The number of nitrogens with zero attached hydrogens (tertiary/aromatic N) is 2. The van der Waals surface area contributed by atoms with Crippen LogP contribution in [0.1, 0.15) is 25.3 Å². The smallest absolute Gasteiger partial charge is 0.323 e. The van der Waals surface area contributed by atoms with E-state index in [-0.39, 0.29) is 11.7 Å². The number of hydrogen-bond acceptors (Lipinski definition) is 5. The van der Waals surface area contributed by atoms with Crippen LogP contribution in [-0.4, -0.2) is 41.8 Å². The number of imide groups is 1. The third-order valence-corrected chi connectivity index (χ3v) is 5.01. The summed E-state index contributed by atoms with van der Waals surface area (Å²) in [6.45, 7) is 3.78. The molecule has 0 radical (unpaired) electrons. The van der Waals surface area contributed by atoms with E-state index in [0.29, 0.717) is 5.69 Å². The Bertz CT molecular complexity index is 877. The molecule has 3 rings (SSSR count). The SMILES string of the molecule is CC(=O)N(C(=O)C(=O)NC1CCN(Cc2ccccc2)CC1)c1cccc(N)c1. The number of likely N-dealkylation sites (tertiary alicyclic amines) is 1. The van der Waals surface area contributed by atoms with Crippen molar-refractivity contribution in [3.05, 3.63) is 60.2 Å². The van der Waals surface area contributed by atoms with E-state index in [9.17, 15) is 14.4 Å². The lowest BCUT2D eigenvalue weighted by Crippen LogP contribution is -2.51. The maximum Gasteiger partial charge on any atom is 0.323 e.